The van der Waals surface area contributed by atoms with Crippen molar-refractivity contribution in [2.45, 2.75) is 31.7 Å². The van der Waals surface area contributed by atoms with E-state index in [-0.39, 0.29) is 0 Å². The highest BCUT2D eigenvalue weighted by atomic mass is 35.5. The molecule has 2 rings (SSSR count). The van der Waals surface area contributed by atoms with Gasteiger partial charge in [-0.15, -0.1) is 0 Å². The number of para-hydroxylation sites is 1. The Morgan fingerprint density at radius 1 is 1.25 bits per heavy atom. The number of hydrogen-bond donors (Lipinski definition) is 2. The van der Waals surface area contributed by atoms with E-state index in [0.29, 0.717) is 6.04 Å². The molecule has 1 fully saturated rings. The minimum atomic E-state index is 0.582. The molecule has 1 aromatic rings. The Morgan fingerprint density at radius 3 is 3.00 bits per heavy atom. The van der Waals surface area contributed by atoms with Gasteiger partial charge in [0.15, 0.2) is 0 Å². The summed E-state index contributed by atoms with van der Waals surface area (Å²) in [5.74, 6) is 0. The molecule has 2 nitrogen and oxygen atoms in total. The van der Waals surface area contributed by atoms with Crippen molar-refractivity contribution in [1.29, 1.82) is 0 Å². The first-order chi connectivity index (χ1) is 7.86. The quantitative estimate of drug-likeness (QED) is 0.845. The Morgan fingerprint density at radius 2 is 2.12 bits per heavy atom. The normalized spacial score (nSPS) is 21.4. The predicted molar refractivity (Wildman–Crippen MR) is 70.2 cm³/mol. The maximum Gasteiger partial charge on any atom is 0.0637 e. The molecule has 0 bridgehead atoms. The summed E-state index contributed by atoms with van der Waals surface area (Å²) in [6, 6.07) is 8.49. The topological polar surface area (TPSA) is 24.1 Å². The fraction of sp³-hybridized carbons (Fsp3) is 0.538. The van der Waals surface area contributed by atoms with Crippen LogP contribution in [0.4, 0.5) is 5.69 Å². The zero-order valence-corrected chi connectivity index (χ0v) is 10.3. The fourth-order valence-electron chi connectivity index (χ4n) is 2.11. The van der Waals surface area contributed by atoms with Crippen molar-refractivity contribution >= 4 is 17.3 Å². The van der Waals surface area contributed by atoms with Crippen molar-refractivity contribution in [3.8, 4) is 0 Å². The third kappa shape index (κ3) is 3.39. The molecule has 0 radical (unpaired) electrons. The highest BCUT2D eigenvalue weighted by Crippen LogP contribution is 2.20. The van der Waals surface area contributed by atoms with Crippen molar-refractivity contribution in [1.82, 2.24) is 5.32 Å². The number of nitrogens with one attached hydrogen (secondary N) is 2. The summed E-state index contributed by atoms with van der Waals surface area (Å²) >= 11 is 6.09. The molecule has 1 aromatic carbocycles. The van der Waals surface area contributed by atoms with Crippen molar-refractivity contribution in [2.24, 2.45) is 0 Å². The predicted octanol–water partition coefficient (Wildman–Crippen LogP) is 3.28. The van der Waals surface area contributed by atoms with E-state index < -0.39 is 0 Å². The van der Waals surface area contributed by atoms with Crippen molar-refractivity contribution in [2.75, 3.05) is 18.4 Å². The molecule has 1 heterocycles. The van der Waals surface area contributed by atoms with Gasteiger partial charge in [-0.25, -0.2) is 0 Å². The van der Waals surface area contributed by atoms with Crippen LogP contribution in [-0.4, -0.2) is 19.1 Å². The number of rotatable bonds is 3. The van der Waals surface area contributed by atoms with E-state index in [0.717, 1.165) is 23.8 Å². The first-order valence-electron chi connectivity index (χ1n) is 6.08. The lowest BCUT2D eigenvalue weighted by molar-refractivity contribution is 0.530. The van der Waals surface area contributed by atoms with E-state index in [1.165, 1.54) is 25.7 Å². The summed E-state index contributed by atoms with van der Waals surface area (Å²) in [7, 11) is 0. The van der Waals surface area contributed by atoms with Crippen LogP contribution in [0.3, 0.4) is 0 Å². The highest BCUT2D eigenvalue weighted by molar-refractivity contribution is 6.33. The van der Waals surface area contributed by atoms with Gasteiger partial charge < -0.3 is 10.6 Å². The van der Waals surface area contributed by atoms with Crippen molar-refractivity contribution in [3.63, 3.8) is 0 Å². The zero-order chi connectivity index (χ0) is 11.2. The monoisotopic (exact) mass is 238 g/mol. The minimum absolute atomic E-state index is 0.582. The summed E-state index contributed by atoms with van der Waals surface area (Å²) in [6.07, 6.45) is 5.26. The molecule has 16 heavy (non-hydrogen) atoms. The molecule has 1 aliphatic heterocycles. The van der Waals surface area contributed by atoms with Gasteiger partial charge in [0.2, 0.25) is 0 Å². The molecule has 3 heteroatoms. The number of halogens is 1. The minimum Gasteiger partial charge on any atom is -0.382 e. The van der Waals surface area contributed by atoms with E-state index in [2.05, 4.69) is 10.6 Å². The zero-order valence-electron chi connectivity index (χ0n) is 9.51. The van der Waals surface area contributed by atoms with Crippen LogP contribution in [0.5, 0.6) is 0 Å². The average Bonchev–Trinajstić information content (AvgIpc) is 2.56. The molecule has 2 N–H and O–H groups in total. The molecular formula is C13H19ClN2. The second kappa shape index (κ2) is 6.12. The number of hydrogen-bond acceptors (Lipinski definition) is 2. The van der Waals surface area contributed by atoms with Crippen LogP contribution in [0.2, 0.25) is 5.02 Å². The second-order valence-corrected chi connectivity index (χ2v) is 4.77. The van der Waals surface area contributed by atoms with Crippen molar-refractivity contribution in [3.05, 3.63) is 29.3 Å². The van der Waals surface area contributed by atoms with Crippen LogP contribution < -0.4 is 10.6 Å². The fourth-order valence-corrected chi connectivity index (χ4v) is 2.32. The average molecular weight is 239 g/mol. The molecule has 1 atom stereocenters. The molecule has 1 aliphatic rings. The summed E-state index contributed by atoms with van der Waals surface area (Å²) in [5, 5.41) is 7.78. The van der Waals surface area contributed by atoms with Crippen LogP contribution in [0.25, 0.3) is 0 Å². The van der Waals surface area contributed by atoms with Crippen LogP contribution >= 0.6 is 11.6 Å². The van der Waals surface area contributed by atoms with Gasteiger partial charge >= 0.3 is 0 Å². The maximum absolute atomic E-state index is 6.09. The second-order valence-electron chi connectivity index (χ2n) is 4.36. The van der Waals surface area contributed by atoms with E-state index in [1.807, 2.05) is 24.3 Å². The van der Waals surface area contributed by atoms with Gasteiger partial charge in [0.05, 0.1) is 10.7 Å². The van der Waals surface area contributed by atoms with E-state index in [1.54, 1.807) is 0 Å². The molecule has 1 saturated heterocycles. The lowest BCUT2D eigenvalue weighted by Crippen LogP contribution is -2.34. The van der Waals surface area contributed by atoms with Crippen LogP contribution in [-0.2, 0) is 0 Å². The van der Waals surface area contributed by atoms with Crippen LogP contribution in [0, 0.1) is 0 Å². The molecule has 0 aliphatic carbocycles. The van der Waals surface area contributed by atoms with Gasteiger partial charge in [-0.3, -0.25) is 0 Å². The third-order valence-corrected chi connectivity index (χ3v) is 3.40. The van der Waals surface area contributed by atoms with E-state index >= 15 is 0 Å². The summed E-state index contributed by atoms with van der Waals surface area (Å²) in [4.78, 5) is 0. The van der Waals surface area contributed by atoms with Crippen molar-refractivity contribution < 1.29 is 0 Å². The summed E-state index contributed by atoms with van der Waals surface area (Å²) in [6.45, 7) is 2.11. The number of anilines is 1. The standard InChI is InChI=1S/C13H19ClN2/c14-12-7-3-4-8-13(12)16-10-11-6-2-1-5-9-15-11/h3-4,7-8,11,15-16H,1-2,5-6,9-10H2. The first-order valence-corrected chi connectivity index (χ1v) is 6.46. The third-order valence-electron chi connectivity index (χ3n) is 3.08. The SMILES string of the molecule is Clc1ccccc1NCC1CCCCCN1. The van der Waals surface area contributed by atoms with Gasteiger partial charge in [-0.2, -0.15) is 0 Å². The molecule has 1 unspecified atom stereocenters. The molecule has 0 amide bonds. The van der Waals surface area contributed by atoms with Gasteiger partial charge in [0.25, 0.3) is 0 Å². The molecule has 88 valence electrons. The largest absolute Gasteiger partial charge is 0.382 e. The lowest BCUT2D eigenvalue weighted by atomic mass is 10.1. The Balaban J connectivity index is 1.84. The highest BCUT2D eigenvalue weighted by Gasteiger charge is 2.11. The van der Waals surface area contributed by atoms with Gasteiger partial charge in [0, 0.05) is 12.6 Å². The summed E-state index contributed by atoms with van der Waals surface area (Å²) < 4.78 is 0. The molecule has 0 saturated carbocycles. The number of benzene rings is 1. The smallest absolute Gasteiger partial charge is 0.0637 e. The van der Waals surface area contributed by atoms with Crippen LogP contribution in [0.1, 0.15) is 25.7 Å². The molecule has 0 spiro atoms. The van der Waals surface area contributed by atoms with Gasteiger partial charge in [0.1, 0.15) is 0 Å². The lowest BCUT2D eigenvalue weighted by Gasteiger charge is -2.17. The Labute approximate surface area is 102 Å². The maximum atomic E-state index is 6.09. The van der Waals surface area contributed by atoms with Gasteiger partial charge in [-0.1, -0.05) is 36.6 Å². The molecular weight excluding hydrogens is 220 g/mol. The van der Waals surface area contributed by atoms with Crippen LogP contribution in [0.15, 0.2) is 24.3 Å². The van der Waals surface area contributed by atoms with Gasteiger partial charge in [-0.05, 0) is 31.5 Å². The van der Waals surface area contributed by atoms with E-state index in [4.69, 9.17) is 11.6 Å². The Kier molecular flexibility index (Phi) is 4.49. The summed E-state index contributed by atoms with van der Waals surface area (Å²) in [5.41, 5.74) is 1.04. The Hall–Kier alpha value is -0.730. The van der Waals surface area contributed by atoms with E-state index in [9.17, 15) is 0 Å². The Bertz CT molecular complexity index is 319. The first kappa shape index (κ1) is 11.7. The molecule has 0 aromatic heterocycles.